The first-order chi connectivity index (χ1) is 4.90. The fraction of sp³-hybridized carbons (Fsp3) is 0.857. The van der Waals surface area contributed by atoms with E-state index in [1.165, 1.54) is 0 Å². The molecule has 0 aromatic carbocycles. The molecule has 1 atom stereocenters. The standard InChI is InChI=1S/C7H17N3O/c1-4-10(3)5-7(2,9)6(8)11/h4-5,9H2,1-3H3,(H2,8,11). The number of carbonyl (C=O) groups is 1. The van der Waals surface area contributed by atoms with Crippen LogP contribution in [0, 0.1) is 0 Å². The van der Waals surface area contributed by atoms with Gasteiger partial charge in [0.05, 0.1) is 0 Å². The quantitative estimate of drug-likeness (QED) is 0.560. The van der Waals surface area contributed by atoms with Crippen LogP contribution in [0.5, 0.6) is 0 Å². The number of carbonyl (C=O) groups excluding carboxylic acids is 1. The molecule has 0 aromatic rings. The average molecular weight is 159 g/mol. The van der Waals surface area contributed by atoms with Crippen LogP contribution in [0.25, 0.3) is 0 Å². The van der Waals surface area contributed by atoms with Gasteiger partial charge in [0.1, 0.15) is 5.54 Å². The normalized spacial score (nSPS) is 16.5. The van der Waals surface area contributed by atoms with E-state index in [2.05, 4.69) is 0 Å². The number of nitrogens with two attached hydrogens (primary N) is 2. The summed E-state index contributed by atoms with van der Waals surface area (Å²) >= 11 is 0. The number of nitrogens with zero attached hydrogens (tertiary/aromatic N) is 1. The molecule has 4 nitrogen and oxygen atoms in total. The molecule has 0 aliphatic heterocycles. The van der Waals surface area contributed by atoms with E-state index in [0.29, 0.717) is 6.54 Å². The van der Waals surface area contributed by atoms with Crippen LogP contribution in [0.4, 0.5) is 0 Å². The van der Waals surface area contributed by atoms with Crippen LogP contribution >= 0.6 is 0 Å². The fourth-order valence-corrected chi connectivity index (χ4v) is 0.750. The molecule has 0 spiro atoms. The van der Waals surface area contributed by atoms with Gasteiger partial charge in [0, 0.05) is 6.54 Å². The number of rotatable bonds is 4. The Hall–Kier alpha value is -0.610. The van der Waals surface area contributed by atoms with Crippen LogP contribution in [-0.2, 0) is 4.79 Å². The third kappa shape index (κ3) is 3.34. The number of primary amides is 1. The van der Waals surface area contributed by atoms with Crippen LogP contribution in [0.2, 0.25) is 0 Å². The Morgan fingerprint density at radius 3 is 2.36 bits per heavy atom. The summed E-state index contributed by atoms with van der Waals surface area (Å²) in [7, 11) is 1.90. The zero-order valence-corrected chi connectivity index (χ0v) is 7.42. The highest BCUT2D eigenvalue weighted by Crippen LogP contribution is 1.99. The summed E-state index contributed by atoms with van der Waals surface area (Å²) in [6, 6.07) is 0. The lowest BCUT2D eigenvalue weighted by Crippen LogP contribution is -2.56. The van der Waals surface area contributed by atoms with Crippen LogP contribution in [0.3, 0.4) is 0 Å². The Bertz CT molecular complexity index is 145. The van der Waals surface area contributed by atoms with Crippen LogP contribution in [0.1, 0.15) is 13.8 Å². The summed E-state index contributed by atoms with van der Waals surface area (Å²) in [6.45, 7) is 5.00. The minimum atomic E-state index is -0.912. The SMILES string of the molecule is CCN(C)CC(C)(N)C(N)=O. The van der Waals surface area contributed by atoms with Gasteiger partial charge in [-0.2, -0.15) is 0 Å². The van der Waals surface area contributed by atoms with Gasteiger partial charge in [0.25, 0.3) is 0 Å². The second kappa shape index (κ2) is 3.69. The van der Waals surface area contributed by atoms with Crippen molar-refractivity contribution in [2.45, 2.75) is 19.4 Å². The zero-order chi connectivity index (χ0) is 9.07. The molecule has 1 amide bonds. The second-order valence-electron chi connectivity index (χ2n) is 3.11. The third-order valence-electron chi connectivity index (χ3n) is 1.70. The fourth-order valence-electron chi connectivity index (χ4n) is 0.750. The summed E-state index contributed by atoms with van der Waals surface area (Å²) < 4.78 is 0. The molecule has 4 heteroatoms. The van der Waals surface area contributed by atoms with Gasteiger partial charge < -0.3 is 16.4 Å². The van der Waals surface area contributed by atoms with Gasteiger partial charge in [0.15, 0.2) is 0 Å². The molecule has 0 radical (unpaired) electrons. The van der Waals surface area contributed by atoms with Gasteiger partial charge in [-0.05, 0) is 20.5 Å². The molecule has 0 aromatic heterocycles. The molecule has 0 saturated carbocycles. The van der Waals surface area contributed by atoms with Crippen molar-refractivity contribution in [3.8, 4) is 0 Å². The van der Waals surface area contributed by atoms with Crippen molar-refractivity contribution in [2.75, 3.05) is 20.1 Å². The first kappa shape index (κ1) is 10.4. The van der Waals surface area contributed by atoms with Gasteiger partial charge in [-0.1, -0.05) is 6.92 Å². The molecule has 1 unspecified atom stereocenters. The van der Waals surface area contributed by atoms with Crippen molar-refractivity contribution in [1.82, 2.24) is 4.90 Å². The molecule has 0 heterocycles. The van der Waals surface area contributed by atoms with E-state index in [4.69, 9.17) is 11.5 Å². The van der Waals surface area contributed by atoms with Gasteiger partial charge >= 0.3 is 0 Å². The van der Waals surface area contributed by atoms with E-state index in [1.807, 2.05) is 18.9 Å². The second-order valence-corrected chi connectivity index (χ2v) is 3.11. The Labute approximate surface area is 67.5 Å². The van der Waals surface area contributed by atoms with Crippen LogP contribution in [-0.4, -0.2) is 36.5 Å². The van der Waals surface area contributed by atoms with E-state index >= 15 is 0 Å². The number of hydrogen-bond donors (Lipinski definition) is 2. The average Bonchev–Trinajstić information content (AvgIpc) is 1.86. The van der Waals surface area contributed by atoms with Crippen molar-refractivity contribution < 1.29 is 4.79 Å². The summed E-state index contributed by atoms with van der Waals surface area (Å²) in [5.41, 5.74) is 9.79. The van der Waals surface area contributed by atoms with Gasteiger partial charge in [-0.3, -0.25) is 4.79 Å². The Balaban J connectivity index is 4.01. The molecule has 0 rings (SSSR count). The molecular formula is C7H17N3O. The maximum absolute atomic E-state index is 10.7. The van der Waals surface area contributed by atoms with E-state index < -0.39 is 11.4 Å². The van der Waals surface area contributed by atoms with Gasteiger partial charge in [-0.15, -0.1) is 0 Å². The molecule has 66 valence electrons. The predicted molar refractivity (Wildman–Crippen MR) is 45.0 cm³/mol. The van der Waals surface area contributed by atoms with Crippen molar-refractivity contribution in [3.63, 3.8) is 0 Å². The molecule has 11 heavy (non-hydrogen) atoms. The molecule has 4 N–H and O–H groups in total. The summed E-state index contributed by atoms with van der Waals surface area (Å²) in [6.07, 6.45) is 0. The Kier molecular flexibility index (Phi) is 3.48. The molecule has 0 fully saturated rings. The van der Waals surface area contributed by atoms with E-state index in [9.17, 15) is 4.79 Å². The summed E-state index contributed by atoms with van der Waals surface area (Å²) in [4.78, 5) is 12.7. The number of hydrogen-bond acceptors (Lipinski definition) is 3. The predicted octanol–water partition coefficient (Wildman–Crippen LogP) is -0.859. The third-order valence-corrected chi connectivity index (χ3v) is 1.70. The van der Waals surface area contributed by atoms with Crippen LogP contribution in [0.15, 0.2) is 0 Å². The molecule has 0 aliphatic carbocycles. The highest BCUT2D eigenvalue weighted by Gasteiger charge is 2.26. The summed E-state index contributed by atoms with van der Waals surface area (Å²) in [5, 5.41) is 0. The maximum atomic E-state index is 10.7. The molecule has 0 bridgehead atoms. The smallest absolute Gasteiger partial charge is 0.238 e. The van der Waals surface area contributed by atoms with Crippen molar-refractivity contribution >= 4 is 5.91 Å². The number of amides is 1. The Morgan fingerprint density at radius 1 is 1.64 bits per heavy atom. The van der Waals surface area contributed by atoms with Crippen molar-refractivity contribution in [1.29, 1.82) is 0 Å². The summed E-state index contributed by atoms with van der Waals surface area (Å²) in [5.74, 6) is -0.460. The van der Waals surface area contributed by atoms with E-state index in [1.54, 1.807) is 6.92 Å². The first-order valence-electron chi connectivity index (χ1n) is 3.67. The van der Waals surface area contributed by atoms with E-state index in [0.717, 1.165) is 6.54 Å². The highest BCUT2D eigenvalue weighted by molar-refractivity contribution is 5.84. The minimum Gasteiger partial charge on any atom is -0.368 e. The van der Waals surface area contributed by atoms with Gasteiger partial charge in [-0.25, -0.2) is 0 Å². The monoisotopic (exact) mass is 159 g/mol. The zero-order valence-electron chi connectivity index (χ0n) is 7.42. The lowest BCUT2D eigenvalue weighted by atomic mass is 10.0. The van der Waals surface area contributed by atoms with Crippen LogP contribution < -0.4 is 11.5 Å². The molecule has 0 aliphatic rings. The molecular weight excluding hydrogens is 142 g/mol. The number of likely N-dealkylation sites (N-methyl/N-ethyl adjacent to an activating group) is 1. The van der Waals surface area contributed by atoms with Crippen molar-refractivity contribution in [3.05, 3.63) is 0 Å². The lowest BCUT2D eigenvalue weighted by Gasteiger charge is -2.26. The topological polar surface area (TPSA) is 72.3 Å². The largest absolute Gasteiger partial charge is 0.368 e. The van der Waals surface area contributed by atoms with Crippen molar-refractivity contribution in [2.24, 2.45) is 11.5 Å². The highest BCUT2D eigenvalue weighted by atomic mass is 16.1. The Morgan fingerprint density at radius 2 is 2.09 bits per heavy atom. The first-order valence-corrected chi connectivity index (χ1v) is 3.67. The minimum absolute atomic E-state index is 0.460. The van der Waals surface area contributed by atoms with Gasteiger partial charge in [0.2, 0.25) is 5.91 Å². The maximum Gasteiger partial charge on any atom is 0.238 e. The molecule has 0 saturated heterocycles. The lowest BCUT2D eigenvalue weighted by molar-refractivity contribution is -0.123. The van der Waals surface area contributed by atoms with E-state index in [-0.39, 0.29) is 0 Å².